The molecular weight excluding hydrogens is 612 g/mol. The highest BCUT2D eigenvalue weighted by Gasteiger charge is 2.36. The molecule has 0 unspecified atom stereocenters. The number of nitrogens with zero attached hydrogens (tertiary/aromatic N) is 2. The molecule has 36 heavy (non-hydrogen) atoms. The van der Waals surface area contributed by atoms with Crippen LogP contribution in [0.5, 0.6) is 11.5 Å². The van der Waals surface area contributed by atoms with Crippen molar-refractivity contribution in [2.24, 2.45) is 0 Å². The molecule has 1 fully saturated rings. The topological polar surface area (TPSA) is 89.7 Å². The van der Waals surface area contributed by atoms with Gasteiger partial charge in [0.2, 0.25) is 5.75 Å². The summed E-state index contributed by atoms with van der Waals surface area (Å²) in [5.74, 6) is -0.857. The van der Waals surface area contributed by atoms with Gasteiger partial charge in [-0.2, -0.15) is 13.2 Å². The molecule has 3 aromatic carbocycles. The molecule has 1 heterocycles. The Morgan fingerprint density at radius 3 is 2.39 bits per heavy atom. The largest absolute Gasteiger partial charge is 0.449 e. The lowest BCUT2D eigenvalue weighted by atomic mass is 10.1. The summed E-state index contributed by atoms with van der Waals surface area (Å²) in [6, 6.07) is 15.5. The highest BCUT2D eigenvalue weighted by molar-refractivity contribution is 14.1. The number of carbonyl (C=O) groups excluding carboxylic acids is 2. The summed E-state index contributed by atoms with van der Waals surface area (Å²) in [6.07, 6.45) is -3.35. The van der Waals surface area contributed by atoms with Gasteiger partial charge in [-0.1, -0.05) is 30.3 Å². The molecule has 0 saturated carbocycles. The van der Waals surface area contributed by atoms with Crippen LogP contribution < -0.4 is 4.74 Å². The van der Waals surface area contributed by atoms with Crippen LogP contribution in [0, 0.1) is 13.7 Å². The fourth-order valence-electron chi connectivity index (χ4n) is 3.28. The minimum Gasteiger partial charge on any atom is -0.449 e. The first-order chi connectivity index (χ1) is 17.0. The van der Waals surface area contributed by atoms with Crippen LogP contribution in [0.25, 0.3) is 6.08 Å². The quantitative estimate of drug-likeness (QED) is 0.124. The number of alkyl halides is 3. The molecule has 12 heteroatoms. The Balaban J connectivity index is 1.62. The molecule has 4 rings (SSSR count). The lowest BCUT2D eigenvalue weighted by Crippen LogP contribution is -2.27. The van der Waals surface area contributed by atoms with Crippen LogP contribution in [0.2, 0.25) is 0 Å². The molecule has 0 bridgehead atoms. The third-order valence-corrected chi connectivity index (χ3v) is 6.66. The fraction of sp³-hybridized carbons (Fsp3) is 0.0833. The van der Waals surface area contributed by atoms with Crippen molar-refractivity contribution in [2.45, 2.75) is 12.7 Å². The zero-order valence-electron chi connectivity index (χ0n) is 18.0. The van der Waals surface area contributed by atoms with Crippen molar-refractivity contribution in [3.8, 4) is 11.5 Å². The summed E-state index contributed by atoms with van der Waals surface area (Å²) in [5, 5.41) is 10.9. The number of para-hydroxylation sites is 1. The Morgan fingerprint density at radius 1 is 1.03 bits per heavy atom. The number of rotatable bonds is 6. The number of amides is 2. The maximum absolute atomic E-state index is 13.0. The Bertz CT molecular complexity index is 1390. The summed E-state index contributed by atoms with van der Waals surface area (Å²) in [6.45, 7) is 0.0921. The highest BCUT2D eigenvalue weighted by atomic mass is 127. The second-order valence-electron chi connectivity index (χ2n) is 7.47. The summed E-state index contributed by atoms with van der Waals surface area (Å²) in [5.41, 5.74) is -0.960. The standard InChI is InChI=1S/C24H14F3IN2O5S/c25-24(26,27)16-7-10-20(18(12-16)30(33)34)35-19-4-2-1-3-15(19)11-21-22(31)29(23(32)36-21)13-14-5-8-17(28)9-6-14/h1-12H,13H2/b21-11-. The van der Waals surface area contributed by atoms with Crippen LogP contribution in [-0.4, -0.2) is 21.0 Å². The SMILES string of the molecule is O=C1S/C(=C\c2ccccc2Oc2ccc(C(F)(F)F)cc2[N+](=O)[O-])C(=O)N1Cc1ccc(I)cc1. The van der Waals surface area contributed by atoms with Crippen molar-refractivity contribution < 1.29 is 32.4 Å². The van der Waals surface area contributed by atoms with E-state index in [9.17, 15) is 32.9 Å². The van der Waals surface area contributed by atoms with E-state index in [1.54, 1.807) is 18.2 Å². The van der Waals surface area contributed by atoms with Gasteiger partial charge in [-0.15, -0.1) is 0 Å². The fourth-order valence-corrected chi connectivity index (χ4v) is 4.47. The van der Waals surface area contributed by atoms with Crippen LogP contribution in [0.1, 0.15) is 16.7 Å². The molecule has 0 aromatic heterocycles. The van der Waals surface area contributed by atoms with Gasteiger partial charge >= 0.3 is 11.9 Å². The highest BCUT2D eigenvalue weighted by Crippen LogP contribution is 2.40. The Labute approximate surface area is 220 Å². The summed E-state index contributed by atoms with van der Waals surface area (Å²) >= 11 is 2.88. The van der Waals surface area contributed by atoms with E-state index in [1.807, 2.05) is 24.3 Å². The molecule has 0 spiro atoms. The Morgan fingerprint density at radius 2 is 1.72 bits per heavy atom. The van der Waals surface area contributed by atoms with Gasteiger partial charge in [-0.05, 0) is 76.3 Å². The van der Waals surface area contributed by atoms with Gasteiger partial charge in [0.25, 0.3) is 11.1 Å². The molecule has 1 aliphatic heterocycles. The second-order valence-corrected chi connectivity index (χ2v) is 9.71. The van der Waals surface area contributed by atoms with E-state index < -0.39 is 39.2 Å². The van der Waals surface area contributed by atoms with E-state index in [0.29, 0.717) is 17.7 Å². The minimum absolute atomic E-state index is 0.0600. The molecule has 0 N–H and O–H groups in total. The van der Waals surface area contributed by atoms with Gasteiger partial charge < -0.3 is 4.74 Å². The van der Waals surface area contributed by atoms with Crippen molar-refractivity contribution >= 4 is 57.3 Å². The van der Waals surface area contributed by atoms with Crippen molar-refractivity contribution in [3.63, 3.8) is 0 Å². The number of thioether (sulfide) groups is 1. The van der Waals surface area contributed by atoms with Crippen molar-refractivity contribution in [1.29, 1.82) is 0 Å². The molecule has 0 aliphatic carbocycles. The number of halogens is 4. The predicted molar refractivity (Wildman–Crippen MR) is 135 cm³/mol. The first-order valence-electron chi connectivity index (χ1n) is 10.2. The smallest absolute Gasteiger partial charge is 0.416 e. The van der Waals surface area contributed by atoms with Gasteiger partial charge in [0.15, 0.2) is 0 Å². The van der Waals surface area contributed by atoms with E-state index in [-0.39, 0.29) is 17.2 Å². The van der Waals surface area contributed by atoms with E-state index in [1.165, 1.54) is 12.1 Å². The van der Waals surface area contributed by atoms with Gasteiger partial charge in [0.1, 0.15) is 5.75 Å². The molecule has 1 saturated heterocycles. The van der Waals surface area contributed by atoms with Crippen LogP contribution in [-0.2, 0) is 17.5 Å². The lowest BCUT2D eigenvalue weighted by Gasteiger charge is -2.13. The average molecular weight is 626 g/mol. The Kier molecular flexibility index (Phi) is 7.36. The number of nitro benzene ring substituents is 1. The monoisotopic (exact) mass is 626 g/mol. The molecule has 3 aromatic rings. The van der Waals surface area contributed by atoms with Gasteiger partial charge in [-0.25, -0.2) is 0 Å². The first-order valence-corrected chi connectivity index (χ1v) is 12.0. The number of hydrogen-bond acceptors (Lipinski definition) is 6. The predicted octanol–water partition coefficient (Wildman–Crippen LogP) is 7.25. The number of nitro groups is 1. The van der Waals surface area contributed by atoms with Crippen LogP contribution in [0.3, 0.4) is 0 Å². The molecule has 0 atom stereocenters. The van der Waals surface area contributed by atoms with Crippen LogP contribution in [0.4, 0.5) is 23.7 Å². The maximum atomic E-state index is 13.0. The normalized spacial score (nSPS) is 15.0. The molecule has 2 amide bonds. The van der Waals surface area contributed by atoms with E-state index in [4.69, 9.17) is 4.74 Å². The van der Waals surface area contributed by atoms with Crippen molar-refractivity contribution in [1.82, 2.24) is 4.90 Å². The lowest BCUT2D eigenvalue weighted by molar-refractivity contribution is -0.385. The minimum atomic E-state index is -4.76. The number of benzene rings is 3. The van der Waals surface area contributed by atoms with Crippen molar-refractivity contribution in [3.05, 3.63) is 102 Å². The third-order valence-electron chi connectivity index (χ3n) is 5.04. The zero-order valence-corrected chi connectivity index (χ0v) is 21.0. The zero-order chi connectivity index (χ0) is 26.0. The number of carbonyl (C=O) groups is 2. The molecular formula is C24H14F3IN2O5S. The summed E-state index contributed by atoms with van der Waals surface area (Å²) in [7, 11) is 0. The van der Waals surface area contributed by atoms with Crippen molar-refractivity contribution in [2.75, 3.05) is 0 Å². The van der Waals surface area contributed by atoms with E-state index in [2.05, 4.69) is 22.6 Å². The Hall–Kier alpha value is -3.39. The maximum Gasteiger partial charge on any atom is 0.416 e. The van der Waals surface area contributed by atoms with E-state index >= 15 is 0 Å². The molecule has 184 valence electrons. The summed E-state index contributed by atoms with van der Waals surface area (Å²) < 4.78 is 45.6. The molecule has 0 radical (unpaired) electrons. The average Bonchev–Trinajstić information content (AvgIpc) is 3.08. The van der Waals surface area contributed by atoms with Gasteiger partial charge in [0.05, 0.1) is 21.9 Å². The van der Waals surface area contributed by atoms with E-state index in [0.717, 1.165) is 31.9 Å². The number of hydrogen-bond donors (Lipinski definition) is 0. The number of ether oxygens (including phenoxy) is 1. The molecule has 1 aliphatic rings. The third kappa shape index (κ3) is 5.70. The first kappa shape index (κ1) is 25.7. The van der Waals surface area contributed by atoms with Crippen LogP contribution >= 0.6 is 34.4 Å². The second kappa shape index (κ2) is 10.3. The molecule has 7 nitrogen and oxygen atoms in total. The van der Waals surface area contributed by atoms with Gasteiger partial charge in [0, 0.05) is 15.2 Å². The summed E-state index contributed by atoms with van der Waals surface area (Å²) in [4.78, 5) is 37.0. The van der Waals surface area contributed by atoms with Crippen LogP contribution in [0.15, 0.2) is 71.6 Å². The van der Waals surface area contributed by atoms with Gasteiger partial charge in [-0.3, -0.25) is 24.6 Å². The number of imide groups is 1.